The van der Waals surface area contributed by atoms with Crippen LogP contribution in [0, 0.1) is 11.3 Å². The monoisotopic (exact) mass is 381 g/mol. The Morgan fingerprint density at radius 2 is 1.71 bits per heavy atom. The lowest BCUT2D eigenvalue weighted by Gasteiger charge is -2.16. The zero-order chi connectivity index (χ0) is 20.7. The summed E-state index contributed by atoms with van der Waals surface area (Å²) in [5.41, 5.74) is 8.17. The zero-order valence-electron chi connectivity index (χ0n) is 16.3. The van der Waals surface area contributed by atoms with Crippen molar-refractivity contribution in [1.82, 2.24) is 0 Å². The maximum Gasteiger partial charge on any atom is 0.241 e. The van der Waals surface area contributed by atoms with Gasteiger partial charge in [0.05, 0.1) is 39.1 Å². The van der Waals surface area contributed by atoms with Crippen molar-refractivity contribution in [2.24, 2.45) is 5.73 Å². The van der Waals surface area contributed by atoms with Crippen LogP contribution >= 0.6 is 0 Å². The van der Waals surface area contributed by atoms with Crippen molar-refractivity contribution in [2.75, 3.05) is 26.6 Å². The molecule has 1 atom stereocenters. The van der Waals surface area contributed by atoms with Crippen molar-refractivity contribution in [1.29, 1.82) is 5.26 Å². The standard InChI is InChI=1S/C21H23N3O4/c1-13(23)21(25)24-19-11-14(5-6-20(19)28-4)18(7-8-22)15-9-16(26-2)12-17(10-15)27-3/h5-7,9-13H,23H2,1-4H3,(H,24,25). The molecule has 3 N–H and O–H groups in total. The van der Waals surface area contributed by atoms with Crippen LogP contribution in [0.3, 0.4) is 0 Å². The third-order valence-electron chi connectivity index (χ3n) is 4.05. The summed E-state index contributed by atoms with van der Waals surface area (Å²) in [6.07, 6.45) is 1.42. The summed E-state index contributed by atoms with van der Waals surface area (Å²) in [4.78, 5) is 12.0. The van der Waals surface area contributed by atoms with Crippen LogP contribution < -0.4 is 25.3 Å². The number of carbonyl (C=O) groups is 1. The fourth-order valence-electron chi connectivity index (χ4n) is 2.58. The second-order valence-electron chi connectivity index (χ2n) is 5.98. The number of methoxy groups -OCH3 is 3. The maximum atomic E-state index is 12.0. The lowest BCUT2D eigenvalue weighted by atomic mass is 9.96. The molecule has 146 valence electrons. The molecule has 0 bridgehead atoms. The molecule has 1 unspecified atom stereocenters. The van der Waals surface area contributed by atoms with Crippen LogP contribution in [0.1, 0.15) is 18.1 Å². The highest BCUT2D eigenvalue weighted by atomic mass is 16.5. The summed E-state index contributed by atoms with van der Waals surface area (Å²) >= 11 is 0. The van der Waals surface area contributed by atoms with Gasteiger partial charge >= 0.3 is 0 Å². The van der Waals surface area contributed by atoms with E-state index in [1.165, 1.54) is 13.2 Å². The first-order chi connectivity index (χ1) is 13.4. The number of amides is 1. The first-order valence-corrected chi connectivity index (χ1v) is 8.51. The van der Waals surface area contributed by atoms with Crippen molar-refractivity contribution >= 4 is 17.2 Å². The van der Waals surface area contributed by atoms with Crippen LogP contribution in [-0.2, 0) is 4.79 Å². The Kier molecular flexibility index (Phi) is 7.02. The highest BCUT2D eigenvalue weighted by Crippen LogP contribution is 2.34. The molecule has 0 aliphatic carbocycles. The molecule has 0 aliphatic rings. The average molecular weight is 381 g/mol. The summed E-state index contributed by atoms with van der Waals surface area (Å²) in [7, 11) is 4.62. The Balaban J connectivity index is 2.57. The van der Waals surface area contributed by atoms with E-state index < -0.39 is 6.04 Å². The number of rotatable bonds is 7. The SMILES string of the molecule is COc1cc(OC)cc(C(=CC#N)c2ccc(OC)c(NC(=O)C(C)N)c2)c1. The summed E-state index contributed by atoms with van der Waals surface area (Å²) in [5, 5.41) is 12.0. The van der Waals surface area contributed by atoms with Gasteiger partial charge in [-0.05, 0) is 47.9 Å². The van der Waals surface area contributed by atoms with Gasteiger partial charge in [0, 0.05) is 12.1 Å². The fraction of sp³-hybridized carbons (Fsp3) is 0.238. The number of carbonyl (C=O) groups excluding carboxylic acids is 1. The molecule has 0 aliphatic heterocycles. The van der Waals surface area contributed by atoms with E-state index in [0.29, 0.717) is 34.1 Å². The van der Waals surface area contributed by atoms with Crippen LogP contribution in [0.2, 0.25) is 0 Å². The molecule has 0 fully saturated rings. The normalized spacial score (nSPS) is 11.9. The Morgan fingerprint density at radius 3 is 2.21 bits per heavy atom. The Hall–Kier alpha value is -3.50. The minimum Gasteiger partial charge on any atom is -0.497 e. The van der Waals surface area contributed by atoms with E-state index in [9.17, 15) is 10.1 Å². The van der Waals surface area contributed by atoms with Crippen LogP contribution in [-0.4, -0.2) is 33.3 Å². The summed E-state index contributed by atoms with van der Waals surface area (Å²) in [6.45, 7) is 1.59. The van der Waals surface area contributed by atoms with Crippen LogP contribution in [0.15, 0.2) is 42.5 Å². The molecule has 28 heavy (non-hydrogen) atoms. The van der Waals surface area contributed by atoms with E-state index in [0.717, 1.165) is 5.56 Å². The third-order valence-corrected chi connectivity index (χ3v) is 4.05. The number of anilines is 1. The highest BCUT2D eigenvalue weighted by Gasteiger charge is 2.15. The fourth-order valence-corrected chi connectivity index (χ4v) is 2.58. The number of nitriles is 1. The van der Waals surface area contributed by atoms with Crippen molar-refractivity contribution in [3.63, 3.8) is 0 Å². The second-order valence-corrected chi connectivity index (χ2v) is 5.98. The van der Waals surface area contributed by atoms with Crippen molar-refractivity contribution in [3.05, 3.63) is 53.6 Å². The van der Waals surface area contributed by atoms with Gasteiger partial charge < -0.3 is 25.3 Å². The molecule has 0 saturated carbocycles. The molecule has 0 aromatic heterocycles. The molecule has 2 aromatic rings. The predicted molar refractivity (Wildman–Crippen MR) is 108 cm³/mol. The van der Waals surface area contributed by atoms with E-state index in [2.05, 4.69) is 11.4 Å². The third kappa shape index (κ3) is 4.81. The van der Waals surface area contributed by atoms with E-state index in [4.69, 9.17) is 19.9 Å². The van der Waals surface area contributed by atoms with E-state index in [1.807, 2.05) is 0 Å². The van der Waals surface area contributed by atoms with Crippen molar-refractivity contribution in [2.45, 2.75) is 13.0 Å². The minimum atomic E-state index is -0.676. The molecule has 1 amide bonds. The number of nitrogens with two attached hydrogens (primary N) is 1. The molecule has 7 nitrogen and oxygen atoms in total. The summed E-state index contributed by atoms with van der Waals surface area (Å²) < 4.78 is 16.0. The molecule has 0 heterocycles. The average Bonchev–Trinajstić information content (AvgIpc) is 2.71. The van der Waals surface area contributed by atoms with Crippen molar-refractivity contribution < 1.29 is 19.0 Å². The number of nitrogens with one attached hydrogen (secondary N) is 1. The summed E-state index contributed by atoms with van der Waals surface area (Å²) in [6, 6.07) is 12.0. The number of allylic oxidation sites excluding steroid dienone is 1. The molecule has 0 spiro atoms. The predicted octanol–water partition coefficient (Wildman–Crippen LogP) is 2.95. The number of ether oxygens (including phenoxy) is 3. The van der Waals surface area contributed by atoms with Gasteiger partial charge in [-0.2, -0.15) is 5.26 Å². The largest absolute Gasteiger partial charge is 0.497 e. The van der Waals surface area contributed by atoms with Crippen molar-refractivity contribution in [3.8, 4) is 23.3 Å². The van der Waals surface area contributed by atoms with Gasteiger partial charge in [-0.15, -0.1) is 0 Å². The Morgan fingerprint density at radius 1 is 1.07 bits per heavy atom. The van der Waals surface area contributed by atoms with Gasteiger partial charge in [-0.3, -0.25) is 4.79 Å². The van der Waals surface area contributed by atoms with E-state index >= 15 is 0 Å². The van der Waals surface area contributed by atoms with Gasteiger partial charge in [0.15, 0.2) is 0 Å². The Bertz CT molecular complexity index is 907. The number of nitrogens with zero attached hydrogens (tertiary/aromatic N) is 1. The van der Waals surface area contributed by atoms with Gasteiger partial charge in [-0.25, -0.2) is 0 Å². The van der Waals surface area contributed by atoms with Gasteiger partial charge in [-0.1, -0.05) is 6.07 Å². The smallest absolute Gasteiger partial charge is 0.241 e. The van der Waals surface area contributed by atoms with E-state index in [-0.39, 0.29) is 5.91 Å². The first-order valence-electron chi connectivity index (χ1n) is 8.51. The quantitative estimate of drug-likeness (QED) is 0.714. The molecular weight excluding hydrogens is 358 g/mol. The second kappa shape index (κ2) is 9.44. The molecule has 2 rings (SSSR count). The highest BCUT2D eigenvalue weighted by molar-refractivity contribution is 5.96. The lowest BCUT2D eigenvalue weighted by Crippen LogP contribution is -2.32. The first kappa shape index (κ1) is 20.8. The topological polar surface area (TPSA) is 107 Å². The van der Waals surface area contributed by atoms with Gasteiger partial charge in [0.25, 0.3) is 0 Å². The van der Waals surface area contributed by atoms with Gasteiger partial charge in [0.1, 0.15) is 17.2 Å². The molecule has 0 saturated heterocycles. The number of benzene rings is 2. The van der Waals surface area contributed by atoms with Crippen LogP contribution in [0.25, 0.3) is 5.57 Å². The van der Waals surface area contributed by atoms with Gasteiger partial charge in [0.2, 0.25) is 5.91 Å². The molecule has 7 heteroatoms. The molecule has 2 aromatic carbocycles. The maximum absolute atomic E-state index is 12.0. The van der Waals surface area contributed by atoms with Crippen LogP contribution in [0.4, 0.5) is 5.69 Å². The number of hydrogen-bond donors (Lipinski definition) is 2. The number of hydrogen-bond acceptors (Lipinski definition) is 6. The molecule has 0 radical (unpaired) electrons. The van der Waals surface area contributed by atoms with E-state index in [1.54, 1.807) is 57.5 Å². The minimum absolute atomic E-state index is 0.343. The zero-order valence-corrected chi connectivity index (χ0v) is 16.3. The molecular formula is C21H23N3O4. The lowest BCUT2D eigenvalue weighted by molar-refractivity contribution is -0.117. The van der Waals surface area contributed by atoms with Crippen LogP contribution in [0.5, 0.6) is 17.2 Å². The summed E-state index contributed by atoms with van der Waals surface area (Å²) in [5.74, 6) is 1.33. The Labute approximate surface area is 164 Å².